The smallest absolute Gasteiger partial charge is 0.267 e. The first kappa shape index (κ1) is 15.5. The van der Waals surface area contributed by atoms with E-state index >= 15 is 0 Å². The van der Waals surface area contributed by atoms with Crippen LogP contribution < -0.4 is 10.1 Å². The molecule has 1 saturated carbocycles. The number of hydrazone groups is 1. The summed E-state index contributed by atoms with van der Waals surface area (Å²) in [5.74, 6) is 1.02. The van der Waals surface area contributed by atoms with Crippen molar-refractivity contribution in [2.24, 2.45) is 11.0 Å². The highest BCUT2D eigenvalue weighted by atomic mass is 16.5. The SMILES string of the molecule is COc1ccc([C@@H](NC(=O)C2=NN(C)C(=O)CC2)C2CC2)cc1. The van der Waals surface area contributed by atoms with Crippen LogP contribution in [0.1, 0.15) is 37.3 Å². The van der Waals surface area contributed by atoms with Crippen molar-refractivity contribution >= 4 is 17.5 Å². The third kappa shape index (κ3) is 3.52. The molecule has 0 saturated heterocycles. The second-order valence-corrected chi connectivity index (χ2v) is 6.03. The van der Waals surface area contributed by atoms with Crippen molar-refractivity contribution in [1.29, 1.82) is 0 Å². The molecule has 1 aromatic carbocycles. The van der Waals surface area contributed by atoms with Gasteiger partial charge in [0.05, 0.1) is 13.2 Å². The van der Waals surface area contributed by atoms with Crippen molar-refractivity contribution in [1.82, 2.24) is 10.3 Å². The van der Waals surface area contributed by atoms with Gasteiger partial charge in [-0.3, -0.25) is 9.59 Å². The molecule has 1 N–H and O–H groups in total. The lowest BCUT2D eigenvalue weighted by atomic mass is 10.0. The van der Waals surface area contributed by atoms with Gasteiger partial charge in [-0.25, -0.2) is 5.01 Å². The number of nitrogens with one attached hydrogen (secondary N) is 1. The van der Waals surface area contributed by atoms with Gasteiger partial charge < -0.3 is 10.1 Å². The van der Waals surface area contributed by atoms with Crippen LogP contribution >= 0.6 is 0 Å². The summed E-state index contributed by atoms with van der Waals surface area (Å²) in [5, 5.41) is 8.42. The number of hydrogen-bond donors (Lipinski definition) is 1. The maximum Gasteiger partial charge on any atom is 0.267 e. The van der Waals surface area contributed by atoms with Crippen LogP contribution in [0.5, 0.6) is 5.75 Å². The number of rotatable bonds is 5. The number of carbonyl (C=O) groups is 2. The van der Waals surface area contributed by atoms with Gasteiger partial charge in [0.15, 0.2) is 0 Å². The van der Waals surface area contributed by atoms with Crippen molar-refractivity contribution in [2.75, 3.05) is 14.2 Å². The molecule has 122 valence electrons. The minimum atomic E-state index is -0.183. The average Bonchev–Trinajstić information content (AvgIpc) is 3.40. The van der Waals surface area contributed by atoms with E-state index in [0.29, 0.717) is 24.5 Å². The lowest BCUT2D eigenvalue weighted by molar-refractivity contribution is -0.130. The van der Waals surface area contributed by atoms with Crippen LogP contribution in [0.15, 0.2) is 29.4 Å². The highest BCUT2D eigenvalue weighted by Crippen LogP contribution is 2.41. The average molecular weight is 315 g/mol. The monoisotopic (exact) mass is 315 g/mol. The fourth-order valence-corrected chi connectivity index (χ4v) is 2.77. The molecular weight excluding hydrogens is 294 g/mol. The van der Waals surface area contributed by atoms with E-state index in [4.69, 9.17) is 4.74 Å². The molecule has 6 nitrogen and oxygen atoms in total. The first-order valence-electron chi connectivity index (χ1n) is 7.87. The molecule has 0 spiro atoms. The van der Waals surface area contributed by atoms with Crippen LogP contribution in [0.3, 0.4) is 0 Å². The Balaban J connectivity index is 1.73. The van der Waals surface area contributed by atoms with Crippen LogP contribution in [0.25, 0.3) is 0 Å². The molecule has 1 aliphatic heterocycles. The number of methoxy groups -OCH3 is 1. The van der Waals surface area contributed by atoms with E-state index in [1.165, 1.54) is 5.01 Å². The lowest BCUT2D eigenvalue weighted by Crippen LogP contribution is -2.39. The predicted octanol–water partition coefficient (Wildman–Crippen LogP) is 1.87. The molecule has 3 rings (SSSR count). The van der Waals surface area contributed by atoms with Gasteiger partial charge in [0.1, 0.15) is 11.5 Å². The summed E-state index contributed by atoms with van der Waals surface area (Å²) in [4.78, 5) is 23.9. The fraction of sp³-hybridized carbons (Fsp3) is 0.471. The van der Waals surface area contributed by atoms with E-state index < -0.39 is 0 Å². The van der Waals surface area contributed by atoms with Gasteiger partial charge in [-0.05, 0) is 36.5 Å². The molecule has 1 atom stereocenters. The second-order valence-electron chi connectivity index (χ2n) is 6.03. The van der Waals surface area contributed by atoms with Crippen molar-refractivity contribution in [3.8, 4) is 5.75 Å². The molecule has 1 aromatic rings. The normalized spacial score (nSPS) is 19.1. The van der Waals surface area contributed by atoms with Crippen LogP contribution in [0, 0.1) is 5.92 Å². The van der Waals surface area contributed by atoms with E-state index in [2.05, 4.69) is 10.4 Å². The van der Waals surface area contributed by atoms with Gasteiger partial charge in [0, 0.05) is 19.9 Å². The summed E-state index contributed by atoms with van der Waals surface area (Å²) < 4.78 is 5.18. The van der Waals surface area contributed by atoms with E-state index in [0.717, 1.165) is 24.2 Å². The molecule has 1 heterocycles. The van der Waals surface area contributed by atoms with Crippen LogP contribution in [-0.4, -0.2) is 36.7 Å². The zero-order valence-electron chi connectivity index (χ0n) is 13.4. The largest absolute Gasteiger partial charge is 0.497 e. The summed E-state index contributed by atoms with van der Waals surface area (Å²) >= 11 is 0. The number of nitrogens with zero attached hydrogens (tertiary/aromatic N) is 2. The first-order chi connectivity index (χ1) is 11.1. The Labute approximate surface area is 135 Å². The van der Waals surface area contributed by atoms with Gasteiger partial charge in [0.25, 0.3) is 5.91 Å². The topological polar surface area (TPSA) is 71.0 Å². The Bertz CT molecular complexity index is 635. The number of ether oxygens (including phenoxy) is 1. The summed E-state index contributed by atoms with van der Waals surface area (Å²) in [5.41, 5.74) is 1.49. The Morgan fingerprint density at radius 3 is 2.57 bits per heavy atom. The third-order valence-electron chi connectivity index (χ3n) is 4.32. The lowest BCUT2D eigenvalue weighted by Gasteiger charge is -2.22. The first-order valence-corrected chi connectivity index (χ1v) is 7.87. The summed E-state index contributed by atoms with van der Waals surface area (Å²) in [7, 11) is 3.21. The van der Waals surface area contributed by atoms with E-state index in [-0.39, 0.29) is 17.9 Å². The Hall–Kier alpha value is -2.37. The molecule has 2 amide bonds. The molecular formula is C17H21N3O3. The molecule has 6 heteroatoms. The maximum absolute atomic E-state index is 12.5. The second kappa shape index (κ2) is 6.40. The molecule has 2 aliphatic rings. The highest BCUT2D eigenvalue weighted by Gasteiger charge is 2.34. The minimum absolute atomic E-state index is 0.0148. The molecule has 1 fully saturated rings. The number of amides is 2. The minimum Gasteiger partial charge on any atom is -0.497 e. The number of carbonyl (C=O) groups excluding carboxylic acids is 2. The van der Waals surface area contributed by atoms with Gasteiger partial charge in [-0.2, -0.15) is 5.10 Å². The standard InChI is InChI=1S/C17H21N3O3/c1-20-15(21)10-9-14(19-20)17(22)18-16(11-3-4-11)12-5-7-13(23-2)8-6-12/h5-8,11,16H,3-4,9-10H2,1-2H3,(H,18,22)/t16-/m0/s1. The van der Waals surface area contributed by atoms with Crippen molar-refractivity contribution in [3.05, 3.63) is 29.8 Å². The number of hydrogen-bond acceptors (Lipinski definition) is 4. The van der Waals surface area contributed by atoms with Gasteiger partial charge in [-0.1, -0.05) is 12.1 Å². The molecule has 0 unspecified atom stereocenters. The molecule has 1 aliphatic carbocycles. The van der Waals surface area contributed by atoms with E-state index in [1.807, 2.05) is 24.3 Å². The van der Waals surface area contributed by atoms with Crippen molar-refractivity contribution in [3.63, 3.8) is 0 Å². The van der Waals surface area contributed by atoms with Gasteiger partial charge in [0.2, 0.25) is 5.91 Å². The van der Waals surface area contributed by atoms with Crippen LogP contribution in [0.4, 0.5) is 0 Å². The van der Waals surface area contributed by atoms with Crippen molar-refractivity contribution in [2.45, 2.75) is 31.7 Å². The Morgan fingerprint density at radius 2 is 2.00 bits per heavy atom. The molecule has 23 heavy (non-hydrogen) atoms. The summed E-state index contributed by atoms with van der Waals surface area (Å²) in [6.07, 6.45) is 2.96. The molecule has 0 radical (unpaired) electrons. The number of benzene rings is 1. The Morgan fingerprint density at radius 1 is 1.30 bits per heavy atom. The fourth-order valence-electron chi connectivity index (χ4n) is 2.77. The highest BCUT2D eigenvalue weighted by molar-refractivity contribution is 6.39. The molecule has 0 aromatic heterocycles. The van der Waals surface area contributed by atoms with Gasteiger partial charge >= 0.3 is 0 Å². The van der Waals surface area contributed by atoms with Crippen molar-refractivity contribution < 1.29 is 14.3 Å². The maximum atomic E-state index is 12.5. The van der Waals surface area contributed by atoms with E-state index in [9.17, 15) is 9.59 Å². The Kier molecular flexibility index (Phi) is 4.32. The van der Waals surface area contributed by atoms with E-state index in [1.54, 1.807) is 14.2 Å². The third-order valence-corrected chi connectivity index (χ3v) is 4.32. The summed E-state index contributed by atoms with van der Waals surface area (Å²) in [6, 6.07) is 7.77. The van der Waals surface area contributed by atoms with Gasteiger partial charge in [-0.15, -0.1) is 0 Å². The zero-order valence-corrected chi connectivity index (χ0v) is 13.4. The quantitative estimate of drug-likeness (QED) is 0.901. The van der Waals surface area contributed by atoms with Crippen LogP contribution in [0.2, 0.25) is 0 Å². The van der Waals surface area contributed by atoms with Crippen LogP contribution in [-0.2, 0) is 9.59 Å². The molecule has 0 bridgehead atoms. The summed E-state index contributed by atoms with van der Waals surface area (Å²) in [6.45, 7) is 0. The predicted molar refractivity (Wildman–Crippen MR) is 86.0 cm³/mol. The zero-order chi connectivity index (χ0) is 16.4.